The second-order valence-electron chi connectivity index (χ2n) is 4.43. The lowest BCUT2D eigenvalue weighted by atomic mass is 10.1. The summed E-state index contributed by atoms with van der Waals surface area (Å²) < 4.78 is 0. The molecule has 0 radical (unpaired) electrons. The van der Waals surface area contributed by atoms with E-state index in [2.05, 4.69) is 15.0 Å². The monoisotopic (exact) mass is 285 g/mol. The van der Waals surface area contributed by atoms with E-state index >= 15 is 0 Å². The number of nitrogens with one attached hydrogen (secondary N) is 1. The number of H-pyrrole nitrogens is 1. The smallest absolute Gasteiger partial charge is 0.251 e. The van der Waals surface area contributed by atoms with E-state index in [0.29, 0.717) is 17.3 Å². The number of hydrogen-bond donors (Lipinski definition) is 1. The van der Waals surface area contributed by atoms with Crippen molar-refractivity contribution >= 4 is 22.5 Å². The fourth-order valence-electron chi connectivity index (χ4n) is 2.15. The zero-order valence-corrected chi connectivity index (χ0v) is 11.6. The Balaban J connectivity index is 2.33. The van der Waals surface area contributed by atoms with Gasteiger partial charge in [0.15, 0.2) is 0 Å². The van der Waals surface area contributed by atoms with E-state index in [9.17, 15) is 4.79 Å². The largest absolute Gasteiger partial charge is 0.306 e. The van der Waals surface area contributed by atoms with Crippen molar-refractivity contribution in [1.82, 2.24) is 15.0 Å². The molecule has 2 heterocycles. The second-order valence-corrected chi connectivity index (χ2v) is 4.84. The van der Waals surface area contributed by atoms with Crippen LogP contribution in [-0.4, -0.2) is 15.0 Å². The summed E-state index contributed by atoms with van der Waals surface area (Å²) in [6.07, 6.45) is 2.40. The zero-order chi connectivity index (χ0) is 14.1. The van der Waals surface area contributed by atoms with Crippen LogP contribution in [0.2, 0.25) is 5.02 Å². The van der Waals surface area contributed by atoms with Crippen molar-refractivity contribution in [1.29, 1.82) is 0 Å². The van der Waals surface area contributed by atoms with Gasteiger partial charge in [-0.1, -0.05) is 18.5 Å². The molecule has 0 aliphatic carbocycles. The van der Waals surface area contributed by atoms with Crippen LogP contribution < -0.4 is 5.56 Å². The topological polar surface area (TPSA) is 58.6 Å². The molecule has 0 saturated heterocycles. The highest BCUT2D eigenvalue weighted by Gasteiger charge is 2.10. The summed E-state index contributed by atoms with van der Waals surface area (Å²) in [5, 5.41) is 1.47. The van der Waals surface area contributed by atoms with Gasteiger partial charge >= 0.3 is 0 Å². The van der Waals surface area contributed by atoms with Crippen LogP contribution in [0.3, 0.4) is 0 Å². The summed E-state index contributed by atoms with van der Waals surface area (Å²) in [7, 11) is 0. The van der Waals surface area contributed by atoms with Crippen LogP contribution in [0.25, 0.3) is 22.3 Å². The van der Waals surface area contributed by atoms with Crippen molar-refractivity contribution in [2.24, 2.45) is 0 Å². The van der Waals surface area contributed by atoms with Crippen molar-refractivity contribution in [2.45, 2.75) is 13.3 Å². The zero-order valence-electron chi connectivity index (χ0n) is 10.9. The Morgan fingerprint density at radius 3 is 2.95 bits per heavy atom. The molecule has 0 fully saturated rings. The van der Waals surface area contributed by atoms with E-state index in [1.54, 1.807) is 12.3 Å². The number of halogens is 1. The van der Waals surface area contributed by atoms with Gasteiger partial charge in [0.1, 0.15) is 5.82 Å². The molecule has 2 aromatic heterocycles. The molecular formula is C15H12ClN3O. The molecule has 0 saturated carbocycles. The molecule has 4 nitrogen and oxygen atoms in total. The van der Waals surface area contributed by atoms with E-state index in [1.165, 1.54) is 6.07 Å². The highest BCUT2D eigenvalue weighted by atomic mass is 35.5. The molecule has 1 N–H and O–H groups in total. The summed E-state index contributed by atoms with van der Waals surface area (Å²) in [5.41, 5.74) is 2.10. The van der Waals surface area contributed by atoms with Crippen LogP contribution >= 0.6 is 11.6 Å². The molecule has 0 aliphatic rings. The first-order valence-electron chi connectivity index (χ1n) is 6.33. The number of aryl methyl sites for hydroxylation is 1. The quantitative estimate of drug-likeness (QED) is 0.786. The molecule has 0 atom stereocenters. The average Bonchev–Trinajstić information content (AvgIpc) is 2.47. The van der Waals surface area contributed by atoms with Crippen LogP contribution in [0.15, 0.2) is 41.3 Å². The first-order chi connectivity index (χ1) is 9.69. The fraction of sp³-hybridized carbons (Fsp3) is 0.133. The van der Waals surface area contributed by atoms with E-state index in [1.807, 2.05) is 25.1 Å². The normalized spacial score (nSPS) is 10.9. The Kier molecular flexibility index (Phi) is 3.24. The van der Waals surface area contributed by atoms with Crippen molar-refractivity contribution in [3.63, 3.8) is 0 Å². The number of benzene rings is 1. The molecule has 3 aromatic rings. The van der Waals surface area contributed by atoms with Gasteiger partial charge in [-0.15, -0.1) is 0 Å². The van der Waals surface area contributed by atoms with Crippen molar-refractivity contribution < 1.29 is 0 Å². The third-order valence-electron chi connectivity index (χ3n) is 3.13. The van der Waals surface area contributed by atoms with E-state index < -0.39 is 0 Å². The first kappa shape index (κ1) is 12.8. The Morgan fingerprint density at radius 2 is 2.15 bits per heavy atom. The van der Waals surface area contributed by atoms with Crippen molar-refractivity contribution in [3.8, 4) is 11.4 Å². The van der Waals surface area contributed by atoms with Crippen molar-refractivity contribution in [2.75, 3.05) is 0 Å². The predicted molar refractivity (Wildman–Crippen MR) is 80.0 cm³/mol. The molecule has 0 unspecified atom stereocenters. The summed E-state index contributed by atoms with van der Waals surface area (Å²) in [6.45, 7) is 1.96. The molecule has 20 heavy (non-hydrogen) atoms. The Labute approximate surface area is 120 Å². The Morgan fingerprint density at radius 1 is 1.30 bits per heavy atom. The Bertz CT molecular complexity index is 842. The highest BCUT2D eigenvalue weighted by molar-refractivity contribution is 6.35. The number of aromatic amines is 1. The number of nitrogens with zero attached hydrogens (tertiary/aromatic N) is 2. The molecular weight excluding hydrogens is 274 g/mol. The number of aromatic nitrogens is 3. The highest BCUT2D eigenvalue weighted by Crippen LogP contribution is 2.29. The molecule has 0 amide bonds. The minimum atomic E-state index is -0.161. The molecule has 0 spiro atoms. The van der Waals surface area contributed by atoms with Gasteiger partial charge in [-0.25, -0.2) is 4.98 Å². The molecule has 3 rings (SSSR count). The summed E-state index contributed by atoms with van der Waals surface area (Å²) in [4.78, 5) is 23.3. The fourth-order valence-corrected chi connectivity index (χ4v) is 2.36. The van der Waals surface area contributed by atoms with Gasteiger partial charge in [0.05, 0.1) is 10.5 Å². The second kappa shape index (κ2) is 5.06. The van der Waals surface area contributed by atoms with Gasteiger partial charge in [0.25, 0.3) is 5.56 Å². The van der Waals surface area contributed by atoms with E-state index in [4.69, 9.17) is 11.6 Å². The molecule has 1 aromatic carbocycles. The summed E-state index contributed by atoms with van der Waals surface area (Å²) in [6, 6.07) is 8.86. The lowest BCUT2D eigenvalue weighted by Crippen LogP contribution is -2.10. The van der Waals surface area contributed by atoms with E-state index in [-0.39, 0.29) is 5.56 Å². The predicted octanol–water partition coefficient (Wildman–Crippen LogP) is 3.20. The maximum Gasteiger partial charge on any atom is 0.251 e. The lowest BCUT2D eigenvalue weighted by molar-refractivity contribution is 0.988. The standard InChI is InChI=1S/C15H12ClN3O/c1-2-9-8-13(20)19-15(18-9)11-5-6-12(16)10-4-3-7-17-14(10)11/h3-8H,2H2,1H3,(H,18,19,20). The third-order valence-corrected chi connectivity index (χ3v) is 3.46. The van der Waals surface area contributed by atoms with Gasteiger partial charge in [-0.2, -0.15) is 0 Å². The lowest BCUT2D eigenvalue weighted by Gasteiger charge is -2.07. The molecule has 0 aliphatic heterocycles. The number of fused-ring (bicyclic) bond motifs is 1. The van der Waals surface area contributed by atoms with Gasteiger partial charge in [-0.05, 0) is 30.7 Å². The molecule has 5 heteroatoms. The van der Waals surface area contributed by atoms with Crippen LogP contribution in [0, 0.1) is 0 Å². The van der Waals surface area contributed by atoms with Gasteiger partial charge < -0.3 is 4.98 Å². The van der Waals surface area contributed by atoms with Gasteiger partial charge in [0, 0.05) is 28.9 Å². The Hall–Kier alpha value is -2.20. The minimum Gasteiger partial charge on any atom is -0.306 e. The number of hydrogen-bond acceptors (Lipinski definition) is 3. The van der Waals surface area contributed by atoms with Crippen LogP contribution in [0.4, 0.5) is 0 Å². The van der Waals surface area contributed by atoms with Crippen LogP contribution in [-0.2, 0) is 6.42 Å². The SMILES string of the molecule is CCc1cc(=O)[nH]c(-c2ccc(Cl)c3cccnc23)n1. The number of rotatable bonds is 2. The summed E-state index contributed by atoms with van der Waals surface area (Å²) in [5.74, 6) is 0.523. The molecule has 100 valence electrons. The van der Waals surface area contributed by atoms with Crippen LogP contribution in [0.1, 0.15) is 12.6 Å². The average molecular weight is 286 g/mol. The maximum absolute atomic E-state index is 11.7. The maximum atomic E-state index is 11.7. The van der Waals surface area contributed by atoms with Crippen molar-refractivity contribution in [3.05, 3.63) is 57.6 Å². The third kappa shape index (κ3) is 2.18. The minimum absolute atomic E-state index is 0.161. The first-order valence-corrected chi connectivity index (χ1v) is 6.70. The van der Waals surface area contributed by atoms with Crippen LogP contribution in [0.5, 0.6) is 0 Å². The van der Waals surface area contributed by atoms with Gasteiger partial charge in [0.2, 0.25) is 0 Å². The van der Waals surface area contributed by atoms with E-state index in [0.717, 1.165) is 22.2 Å². The summed E-state index contributed by atoms with van der Waals surface area (Å²) >= 11 is 6.17. The number of pyridine rings is 1. The van der Waals surface area contributed by atoms with Gasteiger partial charge in [-0.3, -0.25) is 9.78 Å². The molecule has 0 bridgehead atoms.